The lowest BCUT2D eigenvalue weighted by atomic mass is 10.0. The second kappa shape index (κ2) is 8.29. The molecule has 1 N–H and O–H groups in total. The molecular weight excluding hydrogens is 402 g/mol. The molecule has 1 aromatic carbocycles. The summed E-state index contributed by atoms with van der Waals surface area (Å²) in [5.41, 5.74) is 1.61. The fraction of sp³-hybridized carbons (Fsp3) is 0.250. The van der Waals surface area contributed by atoms with E-state index in [0.717, 1.165) is 5.69 Å². The van der Waals surface area contributed by atoms with Crippen molar-refractivity contribution in [3.05, 3.63) is 75.4 Å². The molecule has 1 amide bonds. The highest BCUT2D eigenvalue weighted by atomic mass is 35.5. The first-order valence-electron chi connectivity index (χ1n) is 8.74. The Bertz CT molecular complexity index is 1000. The van der Waals surface area contributed by atoms with Crippen LogP contribution in [-0.4, -0.2) is 20.7 Å². The number of hydrogen-bond acceptors (Lipinski definition) is 3. The van der Waals surface area contributed by atoms with Crippen LogP contribution < -0.4 is 5.32 Å². The summed E-state index contributed by atoms with van der Waals surface area (Å²) in [5, 5.41) is 7.42. The van der Waals surface area contributed by atoms with Gasteiger partial charge in [0, 0.05) is 11.2 Å². The maximum atomic E-state index is 13.8. The van der Waals surface area contributed by atoms with Crippen molar-refractivity contribution >= 4 is 29.1 Å². The average Bonchev–Trinajstić information content (AvgIpc) is 3.11. The Morgan fingerprint density at radius 1 is 1.18 bits per heavy atom. The Balaban J connectivity index is 1.91. The summed E-state index contributed by atoms with van der Waals surface area (Å²) in [6, 6.07) is 7.52. The third-order valence-electron chi connectivity index (χ3n) is 4.32. The summed E-state index contributed by atoms with van der Waals surface area (Å²) >= 11 is 11.9. The number of aromatic nitrogens is 3. The Morgan fingerprint density at radius 3 is 2.57 bits per heavy atom. The maximum absolute atomic E-state index is 13.8. The minimum Gasteiger partial charge on any atom is -0.345 e. The Hall–Kier alpha value is -2.44. The molecule has 146 valence electrons. The van der Waals surface area contributed by atoms with Crippen molar-refractivity contribution in [2.75, 3.05) is 0 Å². The molecule has 0 spiro atoms. The van der Waals surface area contributed by atoms with Crippen LogP contribution in [0.25, 0.3) is 5.82 Å². The van der Waals surface area contributed by atoms with Gasteiger partial charge in [-0.15, -0.1) is 0 Å². The number of benzene rings is 1. The van der Waals surface area contributed by atoms with Crippen molar-refractivity contribution in [2.45, 2.75) is 32.7 Å². The monoisotopic (exact) mass is 420 g/mol. The Morgan fingerprint density at radius 2 is 1.93 bits per heavy atom. The second-order valence-electron chi connectivity index (χ2n) is 6.68. The third kappa shape index (κ3) is 4.03. The number of nitrogens with one attached hydrogen (secondary N) is 1. The molecule has 0 bridgehead atoms. The largest absolute Gasteiger partial charge is 0.345 e. The smallest absolute Gasteiger partial charge is 0.255 e. The Labute approximate surface area is 172 Å². The first-order chi connectivity index (χ1) is 13.3. The SMILES string of the molecule is CC(C)c1c(C(=O)NC(C)c2cc(F)c(Cl)cc2Cl)cnn1-c1ccccn1. The van der Waals surface area contributed by atoms with E-state index in [2.05, 4.69) is 15.4 Å². The second-order valence-corrected chi connectivity index (χ2v) is 7.50. The van der Waals surface area contributed by atoms with E-state index >= 15 is 0 Å². The third-order valence-corrected chi connectivity index (χ3v) is 4.93. The minimum atomic E-state index is -0.590. The molecular formula is C20H19Cl2FN4O. The zero-order valence-corrected chi connectivity index (χ0v) is 17.1. The van der Waals surface area contributed by atoms with E-state index in [-0.39, 0.29) is 21.9 Å². The fourth-order valence-electron chi connectivity index (χ4n) is 2.97. The molecule has 0 fully saturated rings. The molecule has 1 atom stereocenters. The van der Waals surface area contributed by atoms with Gasteiger partial charge in [-0.2, -0.15) is 5.10 Å². The van der Waals surface area contributed by atoms with E-state index in [1.165, 1.54) is 18.3 Å². The van der Waals surface area contributed by atoms with Crippen molar-refractivity contribution < 1.29 is 9.18 Å². The zero-order valence-electron chi connectivity index (χ0n) is 15.6. The molecule has 1 unspecified atom stereocenters. The van der Waals surface area contributed by atoms with Crippen molar-refractivity contribution in [1.82, 2.24) is 20.1 Å². The average molecular weight is 421 g/mol. The number of hydrogen-bond donors (Lipinski definition) is 1. The maximum Gasteiger partial charge on any atom is 0.255 e. The van der Waals surface area contributed by atoms with E-state index in [4.69, 9.17) is 23.2 Å². The summed E-state index contributed by atoms with van der Waals surface area (Å²) in [7, 11) is 0. The predicted octanol–water partition coefficient (Wildman–Crippen LogP) is 5.33. The van der Waals surface area contributed by atoms with Gasteiger partial charge in [0.2, 0.25) is 0 Å². The van der Waals surface area contributed by atoms with Gasteiger partial charge in [0.15, 0.2) is 5.82 Å². The molecule has 0 radical (unpaired) electrons. The molecule has 0 saturated carbocycles. The van der Waals surface area contributed by atoms with Crippen molar-refractivity contribution in [2.24, 2.45) is 0 Å². The molecule has 0 aliphatic heterocycles. The van der Waals surface area contributed by atoms with Crippen LogP contribution in [0.3, 0.4) is 0 Å². The zero-order chi connectivity index (χ0) is 20.4. The van der Waals surface area contributed by atoms with Crippen LogP contribution in [0.1, 0.15) is 54.3 Å². The molecule has 3 rings (SSSR count). The van der Waals surface area contributed by atoms with Gasteiger partial charge in [-0.05, 0) is 42.7 Å². The standard InChI is InChI=1S/C20H19Cl2FN4O/c1-11(2)19-14(10-25-27(19)18-6-4-5-7-24-18)20(28)26-12(3)13-8-17(23)16(22)9-15(13)21/h4-12H,1-3H3,(H,26,28). The van der Waals surface area contributed by atoms with Crippen molar-refractivity contribution in [3.8, 4) is 5.82 Å². The topological polar surface area (TPSA) is 59.8 Å². The Kier molecular flexibility index (Phi) is 6.01. The van der Waals surface area contributed by atoms with Gasteiger partial charge in [-0.25, -0.2) is 14.1 Å². The summed E-state index contributed by atoms with van der Waals surface area (Å²) in [5.74, 6) is -0.268. The molecule has 0 aliphatic carbocycles. The normalized spacial score (nSPS) is 12.2. The molecule has 5 nitrogen and oxygen atoms in total. The number of rotatable bonds is 5. The lowest BCUT2D eigenvalue weighted by Gasteiger charge is -2.17. The van der Waals surface area contributed by atoms with Gasteiger partial charge in [-0.1, -0.05) is 43.1 Å². The van der Waals surface area contributed by atoms with E-state index < -0.39 is 11.9 Å². The molecule has 2 heterocycles. The van der Waals surface area contributed by atoms with Crippen LogP contribution >= 0.6 is 23.2 Å². The number of pyridine rings is 1. The molecule has 0 aliphatic rings. The highest BCUT2D eigenvalue weighted by Crippen LogP contribution is 2.29. The fourth-order valence-corrected chi connectivity index (χ4v) is 3.52. The molecule has 8 heteroatoms. The lowest BCUT2D eigenvalue weighted by molar-refractivity contribution is 0.0938. The number of halogens is 3. The molecule has 0 saturated heterocycles. The summed E-state index contributed by atoms with van der Waals surface area (Å²) in [6.07, 6.45) is 3.18. The highest BCUT2D eigenvalue weighted by molar-refractivity contribution is 6.35. The number of amides is 1. The van der Waals surface area contributed by atoms with Gasteiger partial charge in [0.25, 0.3) is 5.91 Å². The number of nitrogens with zero attached hydrogens (tertiary/aromatic N) is 3. The molecule has 2 aromatic heterocycles. The molecule has 3 aromatic rings. The predicted molar refractivity (Wildman–Crippen MR) is 108 cm³/mol. The highest BCUT2D eigenvalue weighted by Gasteiger charge is 2.23. The van der Waals surface area contributed by atoms with E-state index in [1.807, 2.05) is 32.0 Å². The number of carbonyl (C=O) groups excluding carboxylic acids is 1. The molecule has 28 heavy (non-hydrogen) atoms. The van der Waals surface area contributed by atoms with Crippen LogP contribution in [0.2, 0.25) is 10.0 Å². The van der Waals surface area contributed by atoms with E-state index in [9.17, 15) is 9.18 Å². The van der Waals surface area contributed by atoms with Gasteiger partial charge in [-0.3, -0.25) is 4.79 Å². The van der Waals surface area contributed by atoms with E-state index in [1.54, 1.807) is 17.8 Å². The van der Waals surface area contributed by atoms with E-state index in [0.29, 0.717) is 16.9 Å². The van der Waals surface area contributed by atoms with Crippen LogP contribution in [0.5, 0.6) is 0 Å². The van der Waals surface area contributed by atoms with Crippen LogP contribution in [0.15, 0.2) is 42.7 Å². The first-order valence-corrected chi connectivity index (χ1v) is 9.49. The number of carbonyl (C=O) groups is 1. The van der Waals surface area contributed by atoms with Crippen LogP contribution in [0, 0.1) is 5.82 Å². The van der Waals surface area contributed by atoms with Crippen LogP contribution in [-0.2, 0) is 0 Å². The summed E-state index contributed by atoms with van der Waals surface area (Å²) in [6.45, 7) is 5.68. The van der Waals surface area contributed by atoms with Crippen LogP contribution in [0.4, 0.5) is 4.39 Å². The van der Waals surface area contributed by atoms with Gasteiger partial charge in [0.05, 0.1) is 28.5 Å². The van der Waals surface area contributed by atoms with Crippen molar-refractivity contribution in [3.63, 3.8) is 0 Å². The summed E-state index contributed by atoms with van der Waals surface area (Å²) in [4.78, 5) is 17.2. The first kappa shape index (κ1) is 20.3. The lowest BCUT2D eigenvalue weighted by Crippen LogP contribution is -2.28. The van der Waals surface area contributed by atoms with Crippen molar-refractivity contribution in [1.29, 1.82) is 0 Å². The quantitative estimate of drug-likeness (QED) is 0.567. The van der Waals surface area contributed by atoms with Gasteiger partial charge in [0.1, 0.15) is 5.82 Å². The van der Waals surface area contributed by atoms with Gasteiger partial charge >= 0.3 is 0 Å². The summed E-state index contributed by atoms with van der Waals surface area (Å²) < 4.78 is 15.5. The minimum absolute atomic E-state index is 0.0251. The van der Waals surface area contributed by atoms with Gasteiger partial charge < -0.3 is 5.32 Å².